The molecular weight excluding hydrogens is 405 g/mol. The van der Waals surface area contributed by atoms with Crippen molar-refractivity contribution in [1.82, 2.24) is 9.78 Å². The van der Waals surface area contributed by atoms with Gasteiger partial charge in [-0.15, -0.1) is 11.8 Å². The number of aryl methyl sites for hydroxylation is 1. The predicted octanol–water partition coefficient (Wildman–Crippen LogP) is 4.59. The molecule has 0 unspecified atom stereocenters. The van der Waals surface area contributed by atoms with E-state index in [4.69, 9.17) is 4.74 Å². The van der Waals surface area contributed by atoms with Gasteiger partial charge in [0.1, 0.15) is 11.6 Å². The summed E-state index contributed by atoms with van der Waals surface area (Å²) in [5, 5.41) is 17.2. The molecule has 1 amide bonds. The van der Waals surface area contributed by atoms with Gasteiger partial charge in [0.05, 0.1) is 28.5 Å². The molecule has 0 bridgehead atoms. The Morgan fingerprint density at radius 2 is 2.00 bits per heavy atom. The van der Waals surface area contributed by atoms with Crippen LogP contribution in [-0.4, -0.2) is 32.7 Å². The summed E-state index contributed by atoms with van der Waals surface area (Å²) in [6.07, 6.45) is 0. The zero-order valence-corrected chi connectivity index (χ0v) is 17.7. The van der Waals surface area contributed by atoms with Crippen LogP contribution in [0.15, 0.2) is 42.5 Å². The Hall–Kier alpha value is -3.00. The number of carbonyl (C=O) groups excluding carboxylic acids is 1. The van der Waals surface area contributed by atoms with E-state index < -0.39 is 0 Å². The van der Waals surface area contributed by atoms with E-state index in [0.717, 1.165) is 16.8 Å². The van der Waals surface area contributed by atoms with Crippen LogP contribution in [0.1, 0.15) is 35.9 Å². The van der Waals surface area contributed by atoms with Gasteiger partial charge in [-0.05, 0) is 62.7 Å². The zero-order chi connectivity index (χ0) is 21.4. The van der Waals surface area contributed by atoms with Crippen molar-refractivity contribution in [2.75, 3.05) is 11.9 Å². The number of ether oxygens (including phenoxy) is 1. The highest BCUT2D eigenvalue weighted by molar-refractivity contribution is 8.01. The normalized spacial score (nSPS) is 18.5. The first kappa shape index (κ1) is 20.3. The number of hydrogen-bond donors (Lipinski definition) is 2. The van der Waals surface area contributed by atoms with Crippen LogP contribution < -0.4 is 10.1 Å². The fraction of sp³-hybridized carbons (Fsp3) is 0.273. The molecule has 2 aromatic carbocycles. The molecule has 6 nitrogen and oxygen atoms in total. The summed E-state index contributed by atoms with van der Waals surface area (Å²) < 4.78 is 20.6. The van der Waals surface area contributed by atoms with Crippen LogP contribution in [0.5, 0.6) is 11.5 Å². The summed E-state index contributed by atoms with van der Waals surface area (Å²) in [6.45, 7) is 6.02. The fourth-order valence-electron chi connectivity index (χ4n) is 3.51. The van der Waals surface area contributed by atoms with Gasteiger partial charge in [0.2, 0.25) is 5.91 Å². The van der Waals surface area contributed by atoms with Crippen molar-refractivity contribution in [2.24, 2.45) is 0 Å². The maximum absolute atomic E-state index is 13.4. The van der Waals surface area contributed by atoms with Crippen LogP contribution in [0.25, 0.3) is 5.69 Å². The summed E-state index contributed by atoms with van der Waals surface area (Å²) >= 11 is 1.51. The molecule has 8 heteroatoms. The molecule has 30 heavy (non-hydrogen) atoms. The van der Waals surface area contributed by atoms with Crippen molar-refractivity contribution in [3.05, 3.63) is 65.1 Å². The molecule has 0 saturated carbocycles. The summed E-state index contributed by atoms with van der Waals surface area (Å²) in [5.41, 5.74) is 3.18. The fourth-order valence-corrected chi connectivity index (χ4v) is 4.82. The average molecular weight is 428 g/mol. The quantitative estimate of drug-likeness (QED) is 0.637. The van der Waals surface area contributed by atoms with Gasteiger partial charge in [-0.2, -0.15) is 5.10 Å². The third-order valence-electron chi connectivity index (χ3n) is 4.98. The van der Waals surface area contributed by atoms with Gasteiger partial charge < -0.3 is 15.2 Å². The lowest BCUT2D eigenvalue weighted by atomic mass is 10.0. The minimum Gasteiger partial charge on any atom is -0.504 e. The van der Waals surface area contributed by atoms with Gasteiger partial charge in [-0.3, -0.25) is 4.79 Å². The minimum atomic E-state index is -0.340. The number of halogens is 1. The first-order chi connectivity index (χ1) is 14.4. The lowest BCUT2D eigenvalue weighted by Crippen LogP contribution is -2.22. The van der Waals surface area contributed by atoms with Gasteiger partial charge in [-0.25, -0.2) is 9.07 Å². The van der Waals surface area contributed by atoms with E-state index in [1.54, 1.807) is 28.9 Å². The number of rotatable bonds is 4. The second-order valence-corrected chi connectivity index (χ2v) is 8.49. The Labute approximate surface area is 178 Å². The first-order valence-electron chi connectivity index (χ1n) is 9.66. The molecular formula is C22H22FN3O3S. The highest BCUT2D eigenvalue weighted by Gasteiger charge is 2.34. The number of phenols is 1. The number of nitrogens with zero attached hydrogens (tertiary/aromatic N) is 2. The summed E-state index contributed by atoms with van der Waals surface area (Å²) in [5.74, 6) is 0.567. The number of aromatic hydroxyl groups is 1. The summed E-state index contributed by atoms with van der Waals surface area (Å²) in [6, 6.07) is 11.2. The van der Waals surface area contributed by atoms with Crippen molar-refractivity contribution in [2.45, 2.75) is 31.3 Å². The van der Waals surface area contributed by atoms with Crippen LogP contribution >= 0.6 is 11.8 Å². The number of amides is 1. The van der Waals surface area contributed by atoms with Crippen LogP contribution in [0.4, 0.5) is 10.2 Å². The SMILES string of the molecule is CCOc1cc([C@@H]2S[C@H](C)C(=O)Nc3c2c(C)nn3-c2ccc(F)cc2)ccc1O. The average Bonchev–Trinajstić information content (AvgIpc) is 2.96. The van der Waals surface area contributed by atoms with Crippen LogP contribution in [0.3, 0.4) is 0 Å². The number of phenolic OH excluding ortho intramolecular Hbond substituents is 1. The van der Waals surface area contributed by atoms with Crippen molar-refractivity contribution < 1.29 is 19.0 Å². The number of aromatic nitrogens is 2. The van der Waals surface area contributed by atoms with Gasteiger partial charge in [0.15, 0.2) is 11.5 Å². The van der Waals surface area contributed by atoms with E-state index >= 15 is 0 Å². The number of anilines is 1. The van der Waals surface area contributed by atoms with E-state index in [9.17, 15) is 14.3 Å². The standard InChI is InChI=1S/C22H22FN3O3S/c1-4-29-18-11-14(5-10-17(18)27)20-19-12(2)25-26(16-8-6-15(23)7-9-16)21(19)24-22(28)13(3)30-20/h5-11,13,20,27H,4H2,1-3H3,(H,24,28)/t13-,20+/m1/s1. The minimum absolute atomic E-state index is 0.0698. The Kier molecular flexibility index (Phi) is 5.42. The molecule has 1 aliphatic heterocycles. The Bertz CT molecular complexity index is 1100. The van der Waals surface area contributed by atoms with Gasteiger partial charge in [0, 0.05) is 5.56 Å². The Balaban J connectivity index is 1.88. The largest absolute Gasteiger partial charge is 0.504 e. The van der Waals surface area contributed by atoms with Crippen molar-refractivity contribution in [1.29, 1.82) is 0 Å². The molecule has 4 rings (SSSR count). The van der Waals surface area contributed by atoms with Crippen molar-refractivity contribution in [3.8, 4) is 17.2 Å². The summed E-state index contributed by atoms with van der Waals surface area (Å²) in [4.78, 5) is 12.7. The second-order valence-electron chi connectivity index (χ2n) is 7.04. The first-order valence-corrected chi connectivity index (χ1v) is 10.6. The maximum atomic E-state index is 13.4. The van der Waals surface area contributed by atoms with E-state index in [1.165, 1.54) is 23.9 Å². The van der Waals surface area contributed by atoms with E-state index in [0.29, 0.717) is 23.9 Å². The molecule has 0 radical (unpaired) electrons. The van der Waals surface area contributed by atoms with Crippen LogP contribution in [0.2, 0.25) is 0 Å². The number of carbonyl (C=O) groups is 1. The lowest BCUT2D eigenvalue weighted by Gasteiger charge is -2.19. The van der Waals surface area contributed by atoms with Crippen molar-refractivity contribution in [3.63, 3.8) is 0 Å². The smallest absolute Gasteiger partial charge is 0.238 e. The highest BCUT2D eigenvalue weighted by Crippen LogP contribution is 2.47. The van der Waals surface area contributed by atoms with E-state index in [-0.39, 0.29) is 28.0 Å². The molecule has 2 atom stereocenters. The second kappa shape index (κ2) is 8.02. The summed E-state index contributed by atoms with van der Waals surface area (Å²) in [7, 11) is 0. The predicted molar refractivity (Wildman–Crippen MR) is 115 cm³/mol. The Morgan fingerprint density at radius 1 is 1.27 bits per heavy atom. The number of hydrogen-bond acceptors (Lipinski definition) is 5. The molecule has 3 aromatic rings. The molecule has 2 heterocycles. The van der Waals surface area contributed by atoms with Gasteiger partial charge in [0.25, 0.3) is 0 Å². The number of benzene rings is 2. The Morgan fingerprint density at radius 3 is 2.70 bits per heavy atom. The zero-order valence-electron chi connectivity index (χ0n) is 16.8. The van der Waals surface area contributed by atoms with Crippen LogP contribution in [-0.2, 0) is 4.79 Å². The van der Waals surface area contributed by atoms with Crippen LogP contribution in [0, 0.1) is 12.7 Å². The molecule has 0 spiro atoms. The number of nitrogens with one attached hydrogen (secondary N) is 1. The topological polar surface area (TPSA) is 76.4 Å². The van der Waals surface area contributed by atoms with E-state index in [1.807, 2.05) is 26.8 Å². The molecule has 0 fully saturated rings. The molecule has 0 aliphatic carbocycles. The molecule has 0 saturated heterocycles. The third-order valence-corrected chi connectivity index (χ3v) is 6.38. The lowest BCUT2D eigenvalue weighted by molar-refractivity contribution is -0.115. The monoisotopic (exact) mass is 427 g/mol. The van der Waals surface area contributed by atoms with Gasteiger partial charge in [-0.1, -0.05) is 6.07 Å². The molecule has 156 valence electrons. The highest BCUT2D eigenvalue weighted by atomic mass is 32.2. The van der Waals surface area contributed by atoms with Crippen molar-refractivity contribution >= 4 is 23.5 Å². The van der Waals surface area contributed by atoms with Gasteiger partial charge >= 0.3 is 0 Å². The maximum Gasteiger partial charge on any atom is 0.238 e. The molecule has 1 aromatic heterocycles. The molecule has 2 N–H and O–H groups in total. The number of thioether (sulfide) groups is 1. The third kappa shape index (κ3) is 3.63. The molecule has 1 aliphatic rings. The number of fused-ring (bicyclic) bond motifs is 1. The van der Waals surface area contributed by atoms with E-state index in [2.05, 4.69) is 10.4 Å².